The van der Waals surface area contributed by atoms with Crippen molar-refractivity contribution < 1.29 is 18.4 Å². The molecular formula is C30H35F2N7O2. The number of carbonyl (C=O) groups excluding carboxylic acids is 2. The van der Waals surface area contributed by atoms with Gasteiger partial charge < -0.3 is 16.0 Å². The maximum atomic E-state index is 15.0. The number of aryl methyl sites for hydroxylation is 1. The zero-order valence-electron chi connectivity index (χ0n) is 23.7. The van der Waals surface area contributed by atoms with E-state index in [9.17, 15) is 9.59 Å². The number of halogens is 2. The van der Waals surface area contributed by atoms with Crippen LogP contribution in [0.1, 0.15) is 55.1 Å². The number of carbonyl (C=O) groups is 2. The highest BCUT2D eigenvalue weighted by molar-refractivity contribution is 6.02. The van der Waals surface area contributed by atoms with E-state index in [4.69, 9.17) is 4.98 Å². The van der Waals surface area contributed by atoms with Gasteiger partial charge in [0.1, 0.15) is 17.3 Å². The van der Waals surface area contributed by atoms with Crippen LogP contribution in [0.4, 0.5) is 31.0 Å². The molecule has 216 valence electrons. The summed E-state index contributed by atoms with van der Waals surface area (Å²) in [6.45, 7) is 10.3. The standard InChI is InChI=1S/C30H35F2N7O2/c1-5-38-13-7-8-20(38)15-33-29-36-25(21-14-19(12-11-18(21)4)28(40)35-17(2)3)22-16-34-30(41)39(27(22)37-29)26-23(31)9-6-10-24(26)32/h6,9-12,14,17,20H,5,7-8,13,15-16H2,1-4H3,(H,34,41)(H,35,40)(H,33,36,37). The molecule has 3 amide bonds. The number of urea groups is 1. The van der Waals surface area contributed by atoms with E-state index in [2.05, 4.69) is 32.8 Å². The van der Waals surface area contributed by atoms with E-state index in [1.807, 2.05) is 26.8 Å². The molecule has 3 aromatic rings. The van der Waals surface area contributed by atoms with Crippen LogP contribution in [-0.4, -0.2) is 58.5 Å². The predicted octanol–water partition coefficient (Wildman–Crippen LogP) is 5.13. The van der Waals surface area contributed by atoms with Crippen molar-refractivity contribution in [2.75, 3.05) is 29.9 Å². The Morgan fingerprint density at radius 2 is 1.93 bits per heavy atom. The molecule has 3 N–H and O–H groups in total. The quantitative estimate of drug-likeness (QED) is 0.351. The van der Waals surface area contributed by atoms with Gasteiger partial charge in [0.15, 0.2) is 5.82 Å². The van der Waals surface area contributed by atoms with Crippen LogP contribution in [0.25, 0.3) is 11.3 Å². The van der Waals surface area contributed by atoms with Gasteiger partial charge >= 0.3 is 6.03 Å². The lowest BCUT2D eigenvalue weighted by Gasteiger charge is -2.31. The van der Waals surface area contributed by atoms with Crippen molar-refractivity contribution in [3.8, 4) is 11.3 Å². The van der Waals surface area contributed by atoms with Crippen molar-refractivity contribution in [2.45, 2.75) is 59.2 Å². The number of nitrogens with zero attached hydrogens (tertiary/aromatic N) is 4. The molecule has 2 aromatic carbocycles. The summed E-state index contributed by atoms with van der Waals surface area (Å²) in [5, 5.41) is 8.93. The van der Waals surface area contributed by atoms with Crippen LogP contribution in [0.15, 0.2) is 36.4 Å². The topological polar surface area (TPSA) is 102 Å². The SMILES string of the molecule is CCN1CCCC1CNc1nc(-c2cc(C(=O)NC(C)C)ccc2C)c2c(n1)N(c1c(F)cccc1F)C(=O)NC2. The molecule has 9 nitrogen and oxygen atoms in total. The van der Waals surface area contributed by atoms with Crippen LogP contribution in [0.2, 0.25) is 0 Å². The highest BCUT2D eigenvalue weighted by Gasteiger charge is 2.34. The van der Waals surface area contributed by atoms with Crippen molar-refractivity contribution in [2.24, 2.45) is 0 Å². The number of benzene rings is 2. The Hall–Kier alpha value is -4.12. The van der Waals surface area contributed by atoms with Crippen molar-refractivity contribution in [3.63, 3.8) is 0 Å². The highest BCUT2D eigenvalue weighted by atomic mass is 19.1. The summed E-state index contributed by atoms with van der Waals surface area (Å²) in [6.07, 6.45) is 2.13. The summed E-state index contributed by atoms with van der Waals surface area (Å²) < 4.78 is 30.0. The normalized spacial score (nSPS) is 17.0. The van der Waals surface area contributed by atoms with Crippen molar-refractivity contribution >= 4 is 29.4 Å². The van der Waals surface area contributed by atoms with Gasteiger partial charge in [-0.15, -0.1) is 0 Å². The molecule has 0 aliphatic carbocycles. The number of likely N-dealkylation sites (tertiary alicyclic amines) is 1. The second-order valence-electron chi connectivity index (χ2n) is 10.7. The highest BCUT2D eigenvalue weighted by Crippen LogP contribution is 2.39. The molecule has 2 aliphatic heterocycles. The van der Waals surface area contributed by atoms with Crippen molar-refractivity contribution in [3.05, 3.63) is 64.7 Å². The molecule has 3 heterocycles. The molecule has 0 bridgehead atoms. The number of rotatable bonds is 8. The number of anilines is 3. The second kappa shape index (κ2) is 11.8. The molecule has 11 heteroatoms. The fraction of sp³-hybridized carbons (Fsp3) is 0.400. The zero-order chi connectivity index (χ0) is 29.3. The maximum absolute atomic E-state index is 15.0. The van der Waals surface area contributed by atoms with Gasteiger partial charge in [0.2, 0.25) is 5.95 Å². The first kappa shape index (κ1) is 28.4. The lowest BCUT2D eigenvalue weighted by molar-refractivity contribution is 0.0943. The number of hydrogen-bond acceptors (Lipinski definition) is 6. The predicted molar refractivity (Wildman–Crippen MR) is 154 cm³/mol. The van der Waals surface area contributed by atoms with E-state index in [-0.39, 0.29) is 36.3 Å². The summed E-state index contributed by atoms with van der Waals surface area (Å²) in [5.41, 5.74) is 2.38. The average molecular weight is 564 g/mol. The molecule has 1 atom stereocenters. The Bertz CT molecular complexity index is 1460. The Labute approximate surface area is 238 Å². The minimum Gasteiger partial charge on any atom is -0.353 e. The van der Waals surface area contributed by atoms with Gasteiger partial charge in [-0.1, -0.05) is 19.1 Å². The number of amides is 3. The Morgan fingerprint density at radius 3 is 2.63 bits per heavy atom. The molecule has 1 saturated heterocycles. The number of hydrogen-bond donors (Lipinski definition) is 3. The minimum atomic E-state index is -0.893. The van der Waals surface area contributed by atoms with Gasteiger partial charge in [-0.3, -0.25) is 9.69 Å². The number of likely N-dealkylation sites (N-methyl/N-ethyl adjacent to an activating group) is 1. The number of fused-ring (bicyclic) bond motifs is 1. The van der Waals surface area contributed by atoms with Gasteiger partial charge in [0.25, 0.3) is 5.91 Å². The lowest BCUT2D eigenvalue weighted by atomic mass is 9.97. The van der Waals surface area contributed by atoms with Crippen LogP contribution < -0.4 is 20.9 Å². The average Bonchev–Trinajstić information content (AvgIpc) is 3.40. The second-order valence-corrected chi connectivity index (χ2v) is 10.7. The molecule has 0 spiro atoms. The molecule has 1 unspecified atom stereocenters. The van der Waals surface area contributed by atoms with Crippen LogP contribution >= 0.6 is 0 Å². The van der Waals surface area contributed by atoms with E-state index in [1.54, 1.807) is 12.1 Å². The number of nitrogens with one attached hydrogen (secondary N) is 3. The third-order valence-corrected chi connectivity index (χ3v) is 7.55. The Morgan fingerprint density at radius 1 is 1.17 bits per heavy atom. The number of aromatic nitrogens is 2. The van der Waals surface area contributed by atoms with Crippen molar-refractivity contribution in [1.82, 2.24) is 25.5 Å². The summed E-state index contributed by atoms with van der Waals surface area (Å²) >= 11 is 0. The third-order valence-electron chi connectivity index (χ3n) is 7.55. The van der Waals surface area contributed by atoms with Crippen LogP contribution in [0, 0.1) is 18.6 Å². The molecule has 0 radical (unpaired) electrons. The fourth-order valence-corrected chi connectivity index (χ4v) is 5.49. The zero-order valence-corrected chi connectivity index (χ0v) is 23.7. The fourth-order valence-electron chi connectivity index (χ4n) is 5.49. The first-order valence-corrected chi connectivity index (χ1v) is 14.0. The van der Waals surface area contributed by atoms with Crippen molar-refractivity contribution in [1.29, 1.82) is 0 Å². The van der Waals surface area contributed by atoms with Gasteiger partial charge in [0, 0.05) is 35.3 Å². The van der Waals surface area contributed by atoms with Crippen LogP contribution in [-0.2, 0) is 6.54 Å². The first-order chi connectivity index (χ1) is 19.7. The lowest BCUT2D eigenvalue weighted by Crippen LogP contribution is -2.43. The molecule has 1 aromatic heterocycles. The van der Waals surface area contributed by atoms with Gasteiger partial charge in [-0.2, -0.15) is 4.98 Å². The molecular weight excluding hydrogens is 528 g/mol. The summed E-state index contributed by atoms with van der Waals surface area (Å²) in [6, 6.07) is 8.30. The van der Waals surface area contributed by atoms with E-state index in [0.29, 0.717) is 28.9 Å². The monoisotopic (exact) mass is 563 g/mol. The van der Waals surface area contributed by atoms with E-state index in [0.717, 1.165) is 48.5 Å². The van der Waals surface area contributed by atoms with E-state index in [1.165, 1.54) is 6.07 Å². The van der Waals surface area contributed by atoms with E-state index < -0.39 is 23.4 Å². The molecule has 5 rings (SSSR count). The smallest absolute Gasteiger partial charge is 0.328 e. The summed E-state index contributed by atoms with van der Waals surface area (Å²) in [4.78, 5) is 38.8. The molecule has 2 aliphatic rings. The van der Waals surface area contributed by atoms with Crippen LogP contribution in [0.5, 0.6) is 0 Å². The van der Waals surface area contributed by atoms with Gasteiger partial charge in [-0.25, -0.2) is 23.5 Å². The Balaban J connectivity index is 1.66. The number of para-hydroxylation sites is 1. The molecule has 1 fully saturated rings. The van der Waals surface area contributed by atoms with Gasteiger partial charge in [0.05, 0.1) is 12.2 Å². The molecule has 41 heavy (non-hydrogen) atoms. The maximum Gasteiger partial charge on any atom is 0.328 e. The Kier molecular flexibility index (Phi) is 8.16. The largest absolute Gasteiger partial charge is 0.353 e. The molecule has 0 saturated carbocycles. The van der Waals surface area contributed by atoms with Gasteiger partial charge in [-0.05, 0) is 76.5 Å². The third kappa shape index (κ3) is 5.72. The van der Waals surface area contributed by atoms with E-state index >= 15 is 8.78 Å². The first-order valence-electron chi connectivity index (χ1n) is 14.0. The summed E-state index contributed by atoms with van der Waals surface area (Å²) in [7, 11) is 0. The minimum absolute atomic E-state index is 0.0461. The summed E-state index contributed by atoms with van der Waals surface area (Å²) in [5.74, 6) is -1.70. The van der Waals surface area contributed by atoms with Crippen LogP contribution in [0.3, 0.4) is 0 Å².